The van der Waals surface area contributed by atoms with E-state index in [0.717, 1.165) is 18.4 Å². The number of halogens is 3. The van der Waals surface area contributed by atoms with E-state index in [9.17, 15) is 14.0 Å². The smallest absolute Gasteiger partial charge is 0.256 e. The van der Waals surface area contributed by atoms with Crippen LogP contribution in [0, 0.1) is 5.82 Å². The molecule has 0 aliphatic heterocycles. The summed E-state index contributed by atoms with van der Waals surface area (Å²) in [7, 11) is 0. The summed E-state index contributed by atoms with van der Waals surface area (Å²) >= 11 is 12.2. The highest BCUT2D eigenvalue weighted by Gasteiger charge is 2.35. The molecule has 5 rings (SSSR count). The molecule has 182 valence electrons. The zero-order chi connectivity index (χ0) is 25.2. The van der Waals surface area contributed by atoms with Crippen molar-refractivity contribution in [1.29, 1.82) is 0 Å². The highest BCUT2D eigenvalue weighted by molar-refractivity contribution is 6.36. The van der Waals surface area contributed by atoms with E-state index in [2.05, 4.69) is 10.3 Å². The molecule has 1 heterocycles. The molecule has 1 aliphatic carbocycles. The first-order valence-electron chi connectivity index (χ1n) is 11.4. The van der Waals surface area contributed by atoms with Gasteiger partial charge < -0.3 is 4.90 Å². The summed E-state index contributed by atoms with van der Waals surface area (Å²) in [5, 5.41) is 3.49. The third-order valence-corrected chi connectivity index (χ3v) is 6.40. The Kier molecular flexibility index (Phi) is 6.76. The Morgan fingerprint density at radius 1 is 1.03 bits per heavy atom. The number of hydrogen-bond donors (Lipinski definition) is 1. The predicted molar refractivity (Wildman–Crippen MR) is 138 cm³/mol. The minimum absolute atomic E-state index is 0.0354. The van der Waals surface area contributed by atoms with Gasteiger partial charge in [0.1, 0.15) is 12.4 Å². The average Bonchev–Trinajstić information content (AvgIpc) is 3.63. The third kappa shape index (κ3) is 5.27. The van der Waals surface area contributed by atoms with E-state index in [-0.39, 0.29) is 35.3 Å². The second-order valence-electron chi connectivity index (χ2n) is 8.50. The number of aromatic nitrogens is 2. The van der Waals surface area contributed by atoms with Gasteiger partial charge >= 0.3 is 0 Å². The van der Waals surface area contributed by atoms with Gasteiger partial charge in [0.05, 0.1) is 16.3 Å². The van der Waals surface area contributed by atoms with Crippen LogP contribution < -0.4 is 5.32 Å². The SMILES string of the molecule is O=C(CN(C(=O)c1ccc(Cl)cc1Cl)C1CC1)Nc1nc(-c2ccccc2)cn1-c1ccc(F)cc1. The molecule has 1 aliphatic rings. The molecule has 6 nitrogen and oxygen atoms in total. The molecule has 2 amide bonds. The van der Waals surface area contributed by atoms with E-state index < -0.39 is 5.91 Å². The molecule has 0 saturated heterocycles. The van der Waals surface area contributed by atoms with Gasteiger partial charge in [-0.1, -0.05) is 53.5 Å². The van der Waals surface area contributed by atoms with Crippen LogP contribution in [0.4, 0.5) is 10.3 Å². The van der Waals surface area contributed by atoms with Crippen molar-refractivity contribution in [2.45, 2.75) is 18.9 Å². The molecule has 0 atom stereocenters. The van der Waals surface area contributed by atoms with E-state index >= 15 is 0 Å². The van der Waals surface area contributed by atoms with Gasteiger partial charge in [-0.25, -0.2) is 9.37 Å². The van der Waals surface area contributed by atoms with Gasteiger partial charge in [0.2, 0.25) is 11.9 Å². The second kappa shape index (κ2) is 10.1. The molecule has 9 heteroatoms. The van der Waals surface area contributed by atoms with E-state index in [1.807, 2.05) is 30.3 Å². The van der Waals surface area contributed by atoms with Crippen LogP contribution in [0.25, 0.3) is 16.9 Å². The Morgan fingerprint density at radius 2 is 1.75 bits per heavy atom. The van der Waals surface area contributed by atoms with Crippen LogP contribution >= 0.6 is 23.2 Å². The minimum Gasteiger partial charge on any atom is -0.326 e. The summed E-state index contributed by atoms with van der Waals surface area (Å²) in [6.45, 7) is -0.167. The molecule has 1 saturated carbocycles. The quantitative estimate of drug-likeness (QED) is 0.313. The van der Waals surface area contributed by atoms with Gasteiger partial charge in [-0.2, -0.15) is 0 Å². The van der Waals surface area contributed by atoms with Crippen molar-refractivity contribution in [2.75, 3.05) is 11.9 Å². The monoisotopic (exact) mass is 522 g/mol. The van der Waals surface area contributed by atoms with Crippen LogP contribution in [-0.2, 0) is 4.79 Å². The fourth-order valence-corrected chi connectivity index (χ4v) is 4.39. The standard InChI is InChI=1S/C27H21Cl2FN4O2/c28-18-6-13-22(23(29)14-18)26(36)33(20-11-12-20)16-25(35)32-27-31-24(17-4-2-1-3-5-17)15-34(27)21-9-7-19(30)8-10-21/h1-10,13-15,20H,11-12,16H2,(H,31,32,35). The number of imidazole rings is 1. The largest absolute Gasteiger partial charge is 0.326 e. The fraction of sp³-hybridized carbons (Fsp3) is 0.148. The number of hydrogen-bond acceptors (Lipinski definition) is 3. The first kappa shape index (κ1) is 24.0. The lowest BCUT2D eigenvalue weighted by Crippen LogP contribution is -2.40. The van der Waals surface area contributed by atoms with Crippen molar-refractivity contribution < 1.29 is 14.0 Å². The maximum absolute atomic E-state index is 13.5. The van der Waals surface area contributed by atoms with Crippen LogP contribution in [-0.4, -0.2) is 38.9 Å². The summed E-state index contributed by atoms with van der Waals surface area (Å²) in [5.74, 6) is -0.847. The molecule has 3 aromatic carbocycles. The lowest BCUT2D eigenvalue weighted by molar-refractivity contribution is -0.117. The molecular formula is C27H21Cl2FN4O2. The molecule has 4 aromatic rings. The molecular weight excluding hydrogens is 502 g/mol. The lowest BCUT2D eigenvalue weighted by atomic mass is 10.2. The molecule has 0 radical (unpaired) electrons. The van der Waals surface area contributed by atoms with Crippen molar-refractivity contribution in [3.63, 3.8) is 0 Å². The Labute approximate surface area is 217 Å². The number of nitrogens with zero attached hydrogens (tertiary/aromatic N) is 3. The van der Waals surface area contributed by atoms with E-state index in [1.165, 1.54) is 23.1 Å². The van der Waals surface area contributed by atoms with E-state index in [1.54, 1.807) is 35.0 Å². The minimum atomic E-state index is -0.408. The number of carbonyl (C=O) groups is 2. The lowest BCUT2D eigenvalue weighted by Gasteiger charge is -2.22. The fourth-order valence-electron chi connectivity index (χ4n) is 3.90. The third-order valence-electron chi connectivity index (χ3n) is 5.86. The molecule has 0 spiro atoms. The topological polar surface area (TPSA) is 67.2 Å². The van der Waals surface area contributed by atoms with Crippen molar-refractivity contribution >= 4 is 41.0 Å². The second-order valence-corrected chi connectivity index (χ2v) is 9.34. The normalized spacial score (nSPS) is 12.9. The molecule has 36 heavy (non-hydrogen) atoms. The van der Waals surface area contributed by atoms with Gasteiger partial charge in [-0.05, 0) is 55.3 Å². The van der Waals surface area contributed by atoms with Gasteiger partial charge in [0, 0.05) is 28.5 Å². The van der Waals surface area contributed by atoms with E-state index in [4.69, 9.17) is 23.2 Å². The van der Waals surface area contributed by atoms with Crippen molar-refractivity contribution in [3.05, 3.63) is 100 Å². The van der Waals surface area contributed by atoms with E-state index in [0.29, 0.717) is 22.0 Å². The molecule has 1 aromatic heterocycles. The number of benzene rings is 3. The predicted octanol–water partition coefficient (Wildman–Crippen LogP) is 6.23. The molecule has 0 unspecified atom stereocenters. The Morgan fingerprint density at radius 3 is 2.42 bits per heavy atom. The summed E-state index contributed by atoms with van der Waals surface area (Å²) in [5.41, 5.74) is 2.42. The summed E-state index contributed by atoms with van der Waals surface area (Å²) < 4.78 is 15.2. The van der Waals surface area contributed by atoms with Gasteiger partial charge in [-0.15, -0.1) is 0 Å². The Balaban J connectivity index is 1.41. The Bertz CT molecular complexity index is 1420. The number of amides is 2. The zero-order valence-corrected chi connectivity index (χ0v) is 20.5. The highest BCUT2D eigenvalue weighted by Crippen LogP contribution is 2.31. The van der Waals surface area contributed by atoms with Crippen LogP contribution in [0.1, 0.15) is 23.2 Å². The van der Waals surface area contributed by atoms with Gasteiger partial charge in [0.15, 0.2) is 0 Å². The summed E-state index contributed by atoms with van der Waals surface area (Å²) in [4.78, 5) is 32.5. The van der Waals surface area contributed by atoms with Crippen molar-refractivity contribution in [1.82, 2.24) is 14.5 Å². The molecule has 0 bridgehead atoms. The number of anilines is 1. The summed E-state index contributed by atoms with van der Waals surface area (Å²) in [6, 6.07) is 20.0. The molecule has 1 fully saturated rings. The van der Waals surface area contributed by atoms with Crippen LogP contribution in [0.15, 0.2) is 79.0 Å². The number of carbonyl (C=O) groups excluding carboxylic acids is 2. The maximum Gasteiger partial charge on any atom is 0.256 e. The van der Waals surface area contributed by atoms with Crippen molar-refractivity contribution in [3.8, 4) is 16.9 Å². The van der Waals surface area contributed by atoms with Gasteiger partial charge in [0.25, 0.3) is 5.91 Å². The number of nitrogens with one attached hydrogen (secondary N) is 1. The zero-order valence-electron chi connectivity index (χ0n) is 19.0. The number of rotatable bonds is 7. The van der Waals surface area contributed by atoms with Crippen LogP contribution in [0.2, 0.25) is 10.0 Å². The average molecular weight is 523 g/mol. The maximum atomic E-state index is 13.5. The first-order valence-corrected chi connectivity index (χ1v) is 12.1. The van der Waals surface area contributed by atoms with Crippen LogP contribution in [0.5, 0.6) is 0 Å². The highest BCUT2D eigenvalue weighted by atomic mass is 35.5. The first-order chi connectivity index (χ1) is 17.4. The Hall–Kier alpha value is -3.68. The van der Waals surface area contributed by atoms with Crippen LogP contribution in [0.3, 0.4) is 0 Å². The van der Waals surface area contributed by atoms with Gasteiger partial charge in [-0.3, -0.25) is 19.5 Å². The molecule has 1 N–H and O–H groups in total. The van der Waals surface area contributed by atoms with Crippen molar-refractivity contribution in [2.24, 2.45) is 0 Å². The summed E-state index contributed by atoms with van der Waals surface area (Å²) in [6.07, 6.45) is 3.40.